The molecule has 0 saturated heterocycles. The van der Waals surface area contributed by atoms with Crippen molar-refractivity contribution in [1.82, 2.24) is 4.98 Å². The smallest absolute Gasteiger partial charge is 0.119 e. The summed E-state index contributed by atoms with van der Waals surface area (Å²) in [5.41, 5.74) is 6.53. The molecule has 0 fully saturated rings. The van der Waals surface area contributed by atoms with Crippen LogP contribution in [0.1, 0.15) is 11.3 Å². The Kier molecular flexibility index (Phi) is 2.84. The molecule has 16 heavy (non-hydrogen) atoms. The maximum Gasteiger partial charge on any atom is 0.119 e. The van der Waals surface area contributed by atoms with Crippen molar-refractivity contribution in [1.29, 1.82) is 5.26 Å². The minimum absolute atomic E-state index is 0.477. The predicted octanol–water partition coefficient (Wildman–Crippen LogP) is 2.59. The van der Waals surface area contributed by atoms with Crippen molar-refractivity contribution < 1.29 is 4.42 Å². The molecule has 5 heteroatoms. The standard InChI is InChI=1S/C11H9N3OS/c1-7-10(2-3-15-7)16-11-8(5-12)4-9(13)6-14-11/h2-4,6H,13H2,1H3. The highest BCUT2D eigenvalue weighted by Gasteiger charge is 2.09. The normalized spacial score (nSPS) is 10.0. The number of aromatic nitrogens is 1. The molecule has 0 aromatic carbocycles. The largest absolute Gasteiger partial charge is 0.468 e. The fourth-order valence-electron chi connectivity index (χ4n) is 1.21. The Morgan fingerprint density at radius 3 is 3.00 bits per heavy atom. The van der Waals surface area contributed by atoms with Gasteiger partial charge >= 0.3 is 0 Å². The number of nitrogens with two attached hydrogens (primary N) is 1. The highest BCUT2D eigenvalue weighted by Crippen LogP contribution is 2.31. The van der Waals surface area contributed by atoms with E-state index < -0.39 is 0 Å². The molecule has 0 radical (unpaired) electrons. The number of hydrogen-bond acceptors (Lipinski definition) is 5. The molecule has 4 nitrogen and oxygen atoms in total. The average molecular weight is 231 g/mol. The van der Waals surface area contributed by atoms with Crippen molar-refractivity contribution >= 4 is 17.4 Å². The van der Waals surface area contributed by atoms with Gasteiger partial charge in [0, 0.05) is 0 Å². The van der Waals surface area contributed by atoms with E-state index in [2.05, 4.69) is 11.1 Å². The summed E-state index contributed by atoms with van der Waals surface area (Å²) in [7, 11) is 0. The summed E-state index contributed by atoms with van der Waals surface area (Å²) in [4.78, 5) is 5.09. The van der Waals surface area contributed by atoms with Gasteiger partial charge in [0.1, 0.15) is 16.9 Å². The highest BCUT2D eigenvalue weighted by molar-refractivity contribution is 7.99. The van der Waals surface area contributed by atoms with Crippen molar-refractivity contribution in [2.24, 2.45) is 0 Å². The monoisotopic (exact) mass is 231 g/mol. The molecule has 0 aliphatic carbocycles. The van der Waals surface area contributed by atoms with Crippen LogP contribution < -0.4 is 5.73 Å². The van der Waals surface area contributed by atoms with E-state index in [9.17, 15) is 0 Å². The highest BCUT2D eigenvalue weighted by atomic mass is 32.2. The molecular weight excluding hydrogens is 222 g/mol. The summed E-state index contributed by atoms with van der Waals surface area (Å²) in [6, 6.07) is 5.54. The third-order valence-electron chi connectivity index (χ3n) is 2.01. The lowest BCUT2D eigenvalue weighted by atomic mass is 10.3. The van der Waals surface area contributed by atoms with Gasteiger partial charge in [0.2, 0.25) is 0 Å². The van der Waals surface area contributed by atoms with Crippen LogP contribution >= 0.6 is 11.8 Å². The molecule has 2 N–H and O–H groups in total. The van der Waals surface area contributed by atoms with Crippen LogP contribution in [0.2, 0.25) is 0 Å². The number of pyridine rings is 1. The zero-order chi connectivity index (χ0) is 11.5. The maximum absolute atomic E-state index is 8.96. The third kappa shape index (κ3) is 2.02. The molecule has 2 heterocycles. The van der Waals surface area contributed by atoms with Gasteiger partial charge in [-0.05, 0) is 19.1 Å². The van der Waals surface area contributed by atoms with Crippen LogP contribution in [0.15, 0.2) is 38.9 Å². The van der Waals surface area contributed by atoms with Crippen molar-refractivity contribution in [3.8, 4) is 6.07 Å². The molecular formula is C11H9N3OS. The molecule has 2 rings (SSSR count). The number of nitrogens with zero attached hydrogens (tertiary/aromatic N) is 2. The van der Waals surface area contributed by atoms with Crippen molar-refractivity contribution in [2.45, 2.75) is 16.8 Å². The van der Waals surface area contributed by atoms with Gasteiger partial charge in [-0.3, -0.25) is 0 Å². The molecule has 0 saturated carbocycles. The molecule has 80 valence electrons. The summed E-state index contributed by atoms with van der Waals surface area (Å²) in [5, 5.41) is 9.60. The maximum atomic E-state index is 8.96. The van der Waals surface area contributed by atoms with E-state index in [4.69, 9.17) is 15.4 Å². The molecule has 0 amide bonds. The lowest BCUT2D eigenvalue weighted by molar-refractivity contribution is 0.527. The van der Waals surface area contributed by atoms with Crippen LogP contribution in [0, 0.1) is 18.3 Å². The molecule has 2 aromatic rings. The Morgan fingerprint density at radius 2 is 2.38 bits per heavy atom. The lowest BCUT2D eigenvalue weighted by Gasteiger charge is -2.02. The Morgan fingerprint density at radius 1 is 1.56 bits per heavy atom. The number of hydrogen-bond donors (Lipinski definition) is 1. The second-order valence-corrected chi connectivity index (χ2v) is 4.21. The van der Waals surface area contributed by atoms with E-state index >= 15 is 0 Å². The van der Waals surface area contributed by atoms with Crippen LogP contribution in [0.25, 0.3) is 0 Å². The Bertz CT molecular complexity index is 557. The lowest BCUT2D eigenvalue weighted by Crippen LogP contribution is -1.91. The topological polar surface area (TPSA) is 75.8 Å². The second-order valence-electron chi connectivity index (χ2n) is 3.18. The first-order valence-corrected chi connectivity index (χ1v) is 5.40. The Balaban J connectivity index is 2.36. The zero-order valence-electron chi connectivity index (χ0n) is 8.60. The predicted molar refractivity (Wildman–Crippen MR) is 60.9 cm³/mol. The molecule has 0 atom stereocenters. The van der Waals surface area contributed by atoms with Crippen molar-refractivity contribution in [3.63, 3.8) is 0 Å². The average Bonchev–Trinajstić information content (AvgIpc) is 2.67. The Labute approximate surface area is 97.1 Å². The summed E-state index contributed by atoms with van der Waals surface area (Å²) >= 11 is 1.40. The molecule has 0 aliphatic rings. The summed E-state index contributed by atoms with van der Waals surface area (Å²) in [6.45, 7) is 1.87. The van der Waals surface area contributed by atoms with E-state index in [0.717, 1.165) is 10.7 Å². The number of furan rings is 1. The van der Waals surface area contributed by atoms with Gasteiger partial charge in [0.25, 0.3) is 0 Å². The third-order valence-corrected chi connectivity index (χ3v) is 3.17. The van der Waals surface area contributed by atoms with Gasteiger partial charge in [-0.25, -0.2) is 4.98 Å². The zero-order valence-corrected chi connectivity index (χ0v) is 9.41. The molecule has 0 unspecified atom stereocenters. The first-order valence-electron chi connectivity index (χ1n) is 4.58. The van der Waals surface area contributed by atoms with Crippen LogP contribution in [0.3, 0.4) is 0 Å². The van der Waals surface area contributed by atoms with Crippen molar-refractivity contribution in [2.75, 3.05) is 5.73 Å². The quantitative estimate of drug-likeness (QED) is 0.859. The molecule has 0 spiro atoms. The van der Waals surface area contributed by atoms with Gasteiger partial charge in [0.05, 0.1) is 28.6 Å². The SMILES string of the molecule is Cc1occc1Sc1ncc(N)cc1C#N. The van der Waals surface area contributed by atoms with Gasteiger partial charge in [-0.15, -0.1) is 0 Å². The fraction of sp³-hybridized carbons (Fsp3) is 0.0909. The van der Waals surface area contributed by atoms with E-state index in [1.165, 1.54) is 11.8 Å². The molecule has 0 aliphatic heterocycles. The Hall–Kier alpha value is -1.93. The van der Waals surface area contributed by atoms with E-state index in [-0.39, 0.29) is 0 Å². The second kappa shape index (κ2) is 4.29. The van der Waals surface area contributed by atoms with Gasteiger partial charge in [-0.2, -0.15) is 5.26 Å². The van der Waals surface area contributed by atoms with E-state index in [1.54, 1.807) is 18.5 Å². The summed E-state index contributed by atoms with van der Waals surface area (Å²) < 4.78 is 5.18. The number of nitrogen functional groups attached to an aromatic ring is 1. The van der Waals surface area contributed by atoms with Crippen LogP contribution in [-0.2, 0) is 0 Å². The number of nitriles is 1. The fourth-order valence-corrected chi connectivity index (χ4v) is 2.06. The summed E-state index contributed by atoms with van der Waals surface area (Å²) in [5.74, 6) is 0.813. The van der Waals surface area contributed by atoms with Gasteiger partial charge < -0.3 is 10.2 Å². The number of rotatable bonds is 2. The number of anilines is 1. The first-order chi connectivity index (χ1) is 7.70. The minimum Gasteiger partial charge on any atom is -0.468 e. The van der Waals surface area contributed by atoms with Crippen LogP contribution in [0.5, 0.6) is 0 Å². The summed E-state index contributed by atoms with van der Waals surface area (Å²) in [6.07, 6.45) is 3.15. The van der Waals surface area contributed by atoms with Gasteiger partial charge in [0.15, 0.2) is 0 Å². The van der Waals surface area contributed by atoms with Gasteiger partial charge in [-0.1, -0.05) is 11.8 Å². The van der Waals surface area contributed by atoms with Crippen molar-refractivity contribution in [3.05, 3.63) is 35.9 Å². The minimum atomic E-state index is 0.477. The van der Waals surface area contributed by atoms with Crippen LogP contribution in [-0.4, -0.2) is 4.98 Å². The van der Waals surface area contributed by atoms with E-state index in [1.807, 2.05) is 13.0 Å². The number of aryl methyl sites for hydroxylation is 1. The van der Waals surface area contributed by atoms with Crippen LogP contribution in [0.4, 0.5) is 5.69 Å². The molecule has 2 aromatic heterocycles. The first kappa shape index (κ1) is 10.6. The molecule has 0 bridgehead atoms. The van der Waals surface area contributed by atoms with E-state index in [0.29, 0.717) is 16.3 Å².